The lowest BCUT2D eigenvalue weighted by Gasteiger charge is -2.29. The van der Waals surface area contributed by atoms with Crippen LogP contribution in [-0.4, -0.2) is 28.9 Å². The summed E-state index contributed by atoms with van der Waals surface area (Å²) in [6.07, 6.45) is 2.24. The van der Waals surface area contributed by atoms with Crippen LogP contribution >= 0.6 is 0 Å². The molecular formula is C23H16O4. The van der Waals surface area contributed by atoms with Gasteiger partial charge in [-0.2, -0.15) is 0 Å². The van der Waals surface area contributed by atoms with Gasteiger partial charge < -0.3 is 19.8 Å². The first-order chi connectivity index (χ1) is 13.2. The van der Waals surface area contributed by atoms with Gasteiger partial charge >= 0.3 is 0 Å². The molecule has 0 spiro atoms. The monoisotopic (exact) mass is 356 g/mol. The van der Waals surface area contributed by atoms with E-state index in [0.717, 1.165) is 37.9 Å². The van der Waals surface area contributed by atoms with Crippen molar-refractivity contribution in [2.24, 2.45) is 0 Å². The zero-order valence-corrected chi connectivity index (χ0v) is 14.3. The van der Waals surface area contributed by atoms with Gasteiger partial charge in [0.1, 0.15) is 24.8 Å². The Labute approximate surface area is 154 Å². The number of aliphatic hydroxyl groups excluding tert-OH is 2. The maximum atomic E-state index is 11.7. The van der Waals surface area contributed by atoms with Gasteiger partial charge in [0.25, 0.3) is 0 Å². The average molecular weight is 356 g/mol. The highest BCUT2D eigenvalue weighted by molar-refractivity contribution is 6.26. The molecule has 0 aliphatic heterocycles. The number of aliphatic hydroxyl groups is 2. The number of fused-ring (bicyclic) bond motifs is 2. The van der Waals surface area contributed by atoms with E-state index in [1.54, 1.807) is 12.2 Å². The third-order valence-electron chi connectivity index (χ3n) is 5.64. The number of hydrogen-bond donors (Lipinski definition) is 2. The maximum Gasteiger partial charge on any atom is 0.134 e. The smallest absolute Gasteiger partial charge is 0.134 e. The molecule has 4 aromatic carbocycles. The molecule has 1 aliphatic carbocycles. The highest BCUT2D eigenvalue weighted by atomic mass is 16.3. The van der Waals surface area contributed by atoms with Crippen molar-refractivity contribution in [2.45, 2.75) is 18.1 Å². The molecule has 0 saturated heterocycles. The number of carbonyl (C=O) groups excluding carboxylic acids is 2. The second kappa shape index (κ2) is 5.71. The molecule has 0 fully saturated rings. The molecule has 2 atom stereocenters. The van der Waals surface area contributed by atoms with Gasteiger partial charge in [-0.1, -0.05) is 54.6 Å². The van der Waals surface area contributed by atoms with Crippen molar-refractivity contribution in [3.8, 4) is 0 Å². The zero-order chi connectivity index (χ0) is 18.7. The van der Waals surface area contributed by atoms with Crippen molar-refractivity contribution in [1.29, 1.82) is 0 Å². The Balaban J connectivity index is 2.09. The van der Waals surface area contributed by atoms with Gasteiger partial charge in [-0.15, -0.1) is 0 Å². The zero-order valence-electron chi connectivity index (χ0n) is 14.3. The topological polar surface area (TPSA) is 74.6 Å². The van der Waals surface area contributed by atoms with Gasteiger partial charge in [0.2, 0.25) is 0 Å². The van der Waals surface area contributed by atoms with Crippen molar-refractivity contribution < 1.29 is 19.8 Å². The average Bonchev–Trinajstić information content (AvgIpc) is 2.70. The molecule has 4 aromatic rings. The van der Waals surface area contributed by atoms with Crippen LogP contribution in [0.1, 0.15) is 28.7 Å². The number of hydrogen-bond acceptors (Lipinski definition) is 4. The Kier molecular flexibility index (Phi) is 3.41. The summed E-state index contributed by atoms with van der Waals surface area (Å²) in [6.45, 7) is 0. The molecule has 2 unspecified atom stereocenters. The lowest BCUT2D eigenvalue weighted by Crippen LogP contribution is -2.23. The summed E-state index contributed by atoms with van der Waals surface area (Å²) >= 11 is 0. The largest absolute Gasteiger partial charge is 0.386 e. The molecule has 0 radical (unpaired) electrons. The number of benzene rings is 4. The Bertz CT molecular complexity index is 1230. The Morgan fingerprint density at radius 1 is 0.852 bits per heavy atom. The summed E-state index contributed by atoms with van der Waals surface area (Å²) in [5, 5.41) is 26.8. The van der Waals surface area contributed by atoms with Gasteiger partial charge in [-0.05, 0) is 49.0 Å². The standard InChI is InChI=1S/C23H16O4/c24-10-14(11-25)20-17-7-5-13-3-1-2-12-4-6-15(21(17)19(12)13)16-8-9-18(26)23(27)22(16)20/h1-11,14,18,23,26-27H. The van der Waals surface area contributed by atoms with Crippen LogP contribution in [0.2, 0.25) is 0 Å². The van der Waals surface area contributed by atoms with E-state index < -0.39 is 18.1 Å². The molecule has 0 aromatic heterocycles. The second-order valence-electron chi connectivity index (χ2n) is 7.01. The van der Waals surface area contributed by atoms with E-state index in [0.29, 0.717) is 23.7 Å². The van der Waals surface area contributed by atoms with Crippen molar-refractivity contribution in [1.82, 2.24) is 0 Å². The molecule has 0 saturated carbocycles. The van der Waals surface area contributed by atoms with Crippen molar-refractivity contribution >= 4 is 51.0 Å². The van der Waals surface area contributed by atoms with Crippen LogP contribution in [0.5, 0.6) is 0 Å². The maximum absolute atomic E-state index is 11.7. The third-order valence-corrected chi connectivity index (χ3v) is 5.64. The fourth-order valence-electron chi connectivity index (χ4n) is 4.46. The molecule has 0 bridgehead atoms. The van der Waals surface area contributed by atoms with E-state index in [9.17, 15) is 19.8 Å². The first kappa shape index (κ1) is 16.1. The molecule has 4 heteroatoms. The summed E-state index contributed by atoms with van der Waals surface area (Å²) < 4.78 is 0. The molecular weight excluding hydrogens is 340 g/mol. The van der Waals surface area contributed by atoms with Crippen LogP contribution in [0, 0.1) is 0 Å². The summed E-state index contributed by atoms with van der Waals surface area (Å²) in [7, 11) is 0. The van der Waals surface area contributed by atoms with Gasteiger partial charge in [-0.3, -0.25) is 0 Å². The summed E-state index contributed by atoms with van der Waals surface area (Å²) in [4.78, 5) is 23.4. The Hall–Kier alpha value is -3.08. The highest BCUT2D eigenvalue weighted by Crippen LogP contribution is 2.45. The minimum absolute atomic E-state index is 0.458. The van der Waals surface area contributed by atoms with E-state index in [1.165, 1.54) is 0 Å². The summed E-state index contributed by atoms with van der Waals surface area (Å²) in [5.74, 6) is -1.00. The van der Waals surface area contributed by atoms with E-state index >= 15 is 0 Å². The van der Waals surface area contributed by atoms with Gasteiger partial charge in [-0.25, -0.2) is 0 Å². The second-order valence-corrected chi connectivity index (χ2v) is 7.01. The fourth-order valence-corrected chi connectivity index (χ4v) is 4.46. The van der Waals surface area contributed by atoms with E-state index in [1.807, 2.05) is 42.5 Å². The third kappa shape index (κ3) is 2.05. The van der Waals surface area contributed by atoms with Crippen LogP contribution in [0.25, 0.3) is 38.4 Å². The summed E-state index contributed by atoms with van der Waals surface area (Å²) in [6, 6.07) is 14.0. The fraction of sp³-hybridized carbons (Fsp3) is 0.130. The van der Waals surface area contributed by atoms with Crippen LogP contribution in [0.3, 0.4) is 0 Å². The molecule has 0 heterocycles. The number of carbonyl (C=O) groups is 2. The molecule has 27 heavy (non-hydrogen) atoms. The minimum atomic E-state index is -1.19. The quantitative estimate of drug-likeness (QED) is 0.335. The van der Waals surface area contributed by atoms with Crippen molar-refractivity contribution in [3.63, 3.8) is 0 Å². The number of aldehydes is 2. The predicted octanol–water partition coefficient (Wildman–Crippen LogP) is 3.49. The molecule has 4 nitrogen and oxygen atoms in total. The van der Waals surface area contributed by atoms with Crippen LogP contribution in [0.4, 0.5) is 0 Å². The van der Waals surface area contributed by atoms with E-state index in [2.05, 4.69) is 0 Å². The molecule has 2 N–H and O–H groups in total. The predicted molar refractivity (Wildman–Crippen MR) is 105 cm³/mol. The lowest BCUT2D eigenvalue weighted by atomic mass is 9.78. The van der Waals surface area contributed by atoms with E-state index in [-0.39, 0.29) is 0 Å². The molecule has 132 valence electrons. The first-order valence-electron chi connectivity index (χ1n) is 8.84. The summed E-state index contributed by atoms with van der Waals surface area (Å²) in [5.41, 5.74) is 1.69. The Morgan fingerprint density at radius 3 is 2.19 bits per heavy atom. The molecule has 0 amide bonds. The van der Waals surface area contributed by atoms with Crippen LogP contribution in [-0.2, 0) is 9.59 Å². The van der Waals surface area contributed by atoms with Crippen molar-refractivity contribution in [3.05, 3.63) is 65.2 Å². The Morgan fingerprint density at radius 2 is 1.52 bits per heavy atom. The van der Waals surface area contributed by atoms with Gasteiger partial charge in [0.15, 0.2) is 0 Å². The van der Waals surface area contributed by atoms with Crippen molar-refractivity contribution in [2.75, 3.05) is 0 Å². The van der Waals surface area contributed by atoms with Crippen LogP contribution < -0.4 is 0 Å². The normalized spacial score (nSPS) is 19.2. The lowest BCUT2D eigenvalue weighted by molar-refractivity contribution is -0.116. The first-order valence-corrected chi connectivity index (χ1v) is 8.84. The van der Waals surface area contributed by atoms with Crippen LogP contribution in [0.15, 0.2) is 48.5 Å². The molecule has 1 aliphatic rings. The van der Waals surface area contributed by atoms with Gasteiger partial charge in [0, 0.05) is 0 Å². The minimum Gasteiger partial charge on any atom is -0.386 e. The highest BCUT2D eigenvalue weighted by Gasteiger charge is 2.31. The SMILES string of the molecule is O=CC(C=O)c1c2c(c3ccc4cccc5ccc1c3c45)C=CC(O)C2O. The number of rotatable bonds is 3. The van der Waals surface area contributed by atoms with E-state index in [4.69, 9.17) is 0 Å². The molecule has 5 rings (SSSR count). The van der Waals surface area contributed by atoms with Gasteiger partial charge in [0.05, 0.1) is 5.92 Å².